The summed E-state index contributed by atoms with van der Waals surface area (Å²) in [5.74, 6) is -4.85. The maximum atomic E-state index is 16.1. The minimum absolute atomic E-state index is 0.0931. The monoisotopic (exact) mass is 1040 g/mol. The predicted octanol–water partition coefficient (Wildman–Crippen LogP) is 9.22. The number of hydrogen-bond donors (Lipinski definition) is 3. The molecule has 2 saturated carbocycles. The van der Waals surface area contributed by atoms with Gasteiger partial charge < -0.3 is 43.3 Å². The average Bonchev–Trinajstić information content (AvgIpc) is 3.39. The lowest BCUT2D eigenvalue weighted by Crippen LogP contribution is -2.82. The summed E-state index contributed by atoms with van der Waals surface area (Å²) >= 11 is 0. The number of amides is 1. The van der Waals surface area contributed by atoms with Crippen LogP contribution in [0, 0.1) is 16.7 Å². The van der Waals surface area contributed by atoms with Crippen LogP contribution in [0.2, 0.25) is 36.3 Å². The number of ketones is 1. The molecule has 1 aliphatic heterocycles. The Labute approximate surface area is 433 Å². The molecule has 4 aliphatic rings. The van der Waals surface area contributed by atoms with Crippen molar-refractivity contribution >= 4 is 46.2 Å². The van der Waals surface area contributed by atoms with Crippen LogP contribution < -0.4 is 5.32 Å². The van der Waals surface area contributed by atoms with Crippen molar-refractivity contribution in [2.75, 3.05) is 6.61 Å². The normalized spacial score (nSPS) is 29.5. The molecule has 2 bridgehead atoms. The van der Waals surface area contributed by atoms with Gasteiger partial charge in [-0.05, 0) is 91.1 Å². The van der Waals surface area contributed by atoms with Gasteiger partial charge in [0.1, 0.15) is 30.0 Å². The second-order valence-electron chi connectivity index (χ2n) is 21.4. The number of nitrogens with one attached hydrogen (secondary N) is 1. The van der Waals surface area contributed by atoms with Crippen molar-refractivity contribution in [1.29, 1.82) is 0 Å². The molecule has 16 heteroatoms. The summed E-state index contributed by atoms with van der Waals surface area (Å²) in [5, 5.41) is 30.4. The highest BCUT2D eigenvalue weighted by atomic mass is 28.4. The van der Waals surface area contributed by atoms with E-state index in [2.05, 4.69) is 26.1 Å². The molecule has 0 unspecified atom stereocenters. The van der Waals surface area contributed by atoms with Crippen LogP contribution in [0.3, 0.4) is 0 Å². The molecule has 0 aromatic heterocycles. The Morgan fingerprint density at radius 1 is 0.781 bits per heavy atom. The Morgan fingerprint density at radius 2 is 1.32 bits per heavy atom. The molecular weight excluding hydrogens is 963 g/mol. The largest absolute Gasteiger partial charge is 0.456 e. The maximum Gasteiger partial charge on any atom is 0.338 e. The van der Waals surface area contributed by atoms with Crippen molar-refractivity contribution in [3.63, 3.8) is 0 Å². The second kappa shape index (κ2) is 21.8. The molecular formula is C57H77NO13Si2. The van der Waals surface area contributed by atoms with Crippen LogP contribution in [0.25, 0.3) is 0 Å². The Balaban J connectivity index is 1.44. The highest BCUT2D eigenvalue weighted by Gasteiger charge is 2.78. The lowest BCUT2D eigenvalue weighted by Gasteiger charge is -2.68. The lowest BCUT2D eigenvalue weighted by atomic mass is 9.44. The first kappa shape index (κ1) is 55.9. The molecule has 1 saturated heterocycles. The van der Waals surface area contributed by atoms with E-state index in [1.54, 1.807) is 100 Å². The summed E-state index contributed by atoms with van der Waals surface area (Å²) in [5.41, 5.74) is -5.76. The molecule has 14 nitrogen and oxygen atoms in total. The second-order valence-corrected chi connectivity index (χ2v) is 30.9. The Hall–Kier alpha value is -4.82. The van der Waals surface area contributed by atoms with E-state index in [0.717, 1.165) is 18.1 Å². The van der Waals surface area contributed by atoms with E-state index >= 15 is 9.59 Å². The number of carbonyl (C=O) groups is 5. The van der Waals surface area contributed by atoms with Gasteiger partial charge >= 0.3 is 17.9 Å². The fourth-order valence-electron chi connectivity index (χ4n) is 12.8. The number of aliphatic hydroxyl groups excluding tert-OH is 1. The van der Waals surface area contributed by atoms with Gasteiger partial charge in [0.2, 0.25) is 0 Å². The molecule has 3 fully saturated rings. The first-order chi connectivity index (χ1) is 34.6. The van der Waals surface area contributed by atoms with Gasteiger partial charge in [-0.15, -0.1) is 0 Å². The number of benzene rings is 3. The number of hydrogen-bond acceptors (Lipinski definition) is 13. The number of ether oxygens (including phenoxy) is 4. The first-order valence-corrected chi connectivity index (χ1v) is 31.4. The Morgan fingerprint density at radius 3 is 1.82 bits per heavy atom. The van der Waals surface area contributed by atoms with Crippen LogP contribution in [0.15, 0.2) is 102 Å². The molecule has 3 aliphatic carbocycles. The molecule has 396 valence electrons. The van der Waals surface area contributed by atoms with Gasteiger partial charge in [0.25, 0.3) is 5.91 Å². The van der Waals surface area contributed by atoms with E-state index in [4.69, 9.17) is 27.8 Å². The third-order valence-electron chi connectivity index (χ3n) is 17.8. The van der Waals surface area contributed by atoms with E-state index in [9.17, 15) is 24.6 Å². The van der Waals surface area contributed by atoms with Crippen LogP contribution in [-0.4, -0.2) is 111 Å². The number of esters is 3. The van der Waals surface area contributed by atoms with E-state index < -0.39 is 123 Å². The zero-order valence-electron chi connectivity index (χ0n) is 44.5. The summed E-state index contributed by atoms with van der Waals surface area (Å²) in [4.78, 5) is 74.0. The fraction of sp³-hybridized carbons (Fsp3) is 0.561. The fourth-order valence-corrected chi connectivity index (χ4v) is 18.5. The summed E-state index contributed by atoms with van der Waals surface area (Å²) in [6.07, 6.45) is -8.42. The van der Waals surface area contributed by atoms with E-state index in [1.165, 1.54) is 6.92 Å². The highest BCUT2D eigenvalue weighted by Crippen LogP contribution is 2.65. The van der Waals surface area contributed by atoms with Crippen molar-refractivity contribution in [1.82, 2.24) is 5.32 Å². The molecule has 11 atom stereocenters. The molecule has 0 spiro atoms. The van der Waals surface area contributed by atoms with Crippen LogP contribution >= 0.6 is 0 Å². The molecule has 1 amide bonds. The average molecular weight is 1040 g/mol. The van der Waals surface area contributed by atoms with Gasteiger partial charge in [0.05, 0.1) is 35.6 Å². The molecule has 3 aromatic rings. The third kappa shape index (κ3) is 9.86. The van der Waals surface area contributed by atoms with Gasteiger partial charge in [0, 0.05) is 30.7 Å². The van der Waals surface area contributed by atoms with Gasteiger partial charge in [0.15, 0.2) is 34.1 Å². The molecule has 3 N–H and O–H groups in total. The predicted molar refractivity (Wildman–Crippen MR) is 280 cm³/mol. The van der Waals surface area contributed by atoms with Crippen molar-refractivity contribution in [3.05, 3.63) is 119 Å². The number of aliphatic hydroxyl groups is 2. The van der Waals surface area contributed by atoms with Gasteiger partial charge in [-0.1, -0.05) is 122 Å². The van der Waals surface area contributed by atoms with E-state index in [-0.39, 0.29) is 24.2 Å². The minimum atomic E-state index is -2.72. The number of fused-ring (bicyclic) bond motifs is 5. The SMILES string of the molecule is CC[Si](CC)(CC)O[C@@H](C(=O)O[C@H]1C[C@@]2(O)[C@@H](OC(=O)c3ccccc3)[C@@H]3[C@]4(OC(C)=O)CO[C@@H]4C[C@@H](O[Si](CC)(CC)CC)[C@@]3(C)C(=O)[C@H](O)C(=C1C)C2(C)C)[C@@H](NC(=O)c1ccccc1)c1ccccc1. The van der Waals surface area contributed by atoms with Crippen molar-refractivity contribution < 1.29 is 62.0 Å². The summed E-state index contributed by atoms with van der Waals surface area (Å²) in [6, 6.07) is 29.1. The Bertz CT molecular complexity index is 2500. The van der Waals surface area contributed by atoms with Gasteiger partial charge in [-0.2, -0.15) is 0 Å². The highest BCUT2D eigenvalue weighted by molar-refractivity contribution is 6.74. The third-order valence-corrected chi connectivity index (χ3v) is 27.1. The summed E-state index contributed by atoms with van der Waals surface area (Å²) < 4.78 is 40.5. The van der Waals surface area contributed by atoms with Crippen molar-refractivity contribution in [3.8, 4) is 0 Å². The summed E-state index contributed by atoms with van der Waals surface area (Å²) in [6.45, 7) is 20.1. The molecule has 1 heterocycles. The smallest absolute Gasteiger partial charge is 0.338 e. The molecule has 0 radical (unpaired) electrons. The minimum Gasteiger partial charge on any atom is -0.456 e. The first-order valence-electron chi connectivity index (χ1n) is 26.3. The quantitative estimate of drug-likeness (QED) is 0.0446. The van der Waals surface area contributed by atoms with Crippen LogP contribution in [0.1, 0.15) is 121 Å². The number of rotatable bonds is 19. The van der Waals surface area contributed by atoms with Crippen LogP contribution in [-0.2, 0) is 42.2 Å². The zero-order chi connectivity index (χ0) is 53.3. The zero-order valence-corrected chi connectivity index (χ0v) is 46.5. The number of carbonyl (C=O) groups excluding carboxylic acids is 5. The molecule has 3 aromatic carbocycles. The van der Waals surface area contributed by atoms with Crippen LogP contribution in [0.5, 0.6) is 0 Å². The Kier molecular flexibility index (Phi) is 16.7. The topological polar surface area (TPSA) is 193 Å². The number of Topliss-reactive ketones (excluding diaryl/α,β-unsaturated/α-hetero) is 1. The molecule has 73 heavy (non-hydrogen) atoms. The maximum absolute atomic E-state index is 16.1. The van der Waals surface area contributed by atoms with Gasteiger partial charge in [-0.3, -0.25) is 14.4 Å². The molecule has 7 rings (SSSR count). The van der Waals surface area contributed by atoms with Gasteiger partial charge in [-0.25, -0.2) is 9.59 Å². The van der Waals surface area contributed by atoms with Crippen molar-refractivity contribution in [2.24, 2.45) is 16.7 Å². The standard InChI is InChI=1S/C57H77NO13Si2/c1-12-72(13-2,14-3)70-42-33-43-56(35-66-43,69-37(8)59)48-50(68-52(63)40-31-25-20-26-32-40)57(65)34-41(36(7)44(54(57,9)10)46(60)49(61)55(42,48)11)67-53(64)47(71-73(15-4,16-5)17-6)45(38-27-21-18-22-28-38)58-51(62)39-29-23-19-24-30-39/h18-32,41-43,45-48,50,60,65H,12-17,33-35H2,1-11H3,(H,58,62)/t41-,42+,43+,45-,46+,47+,48-,50-,55+,56-,57+/m0/s1. The van der Waals surface area contributed by atoms with E-state index in [0.29, 0.717) is 34.8 Å². The lowest BCUT2D eigenvalue weighted by molar-refractivity contribution is -0.344. The van der Waals surface area contributed by atoms with E-state index in [1.807, 2.05) is 39.0 Å². The van der Waals surface area contributed by atoms with Crippen molar-refractivity contribution in [2.45, 2.75) is 179 Å². The summed E-state index contributed by atoms with van der Waals surface area (Å²) in [7, 11) is -5.31. The van der Waals surface area contributed by atoms with Crippen LogP contribution in [0.4, 0.5) is 0 Å².